The van der Waals surface area contributed by atoms with Crippen LogP contribution >= 0.6 is 0 Å². The van der Waals surface area contributed by atoms with E-state index < -0.39 is 5.41 Å². The van der Waals surface area contributed by atoms with Gasteiger partial charge in [0.15, 0.2) is 0 Å². The van der Waals surface area contributed by atoms with Crippen molar-refractivity contribution in [3.05, 3.63) is 0 Å². The van der Waals surface area contributed by atoms with E-state index in [1.54, 1.807) is 0 Å². The predicted molar refractivity (Wildman–Crippen MR) is 132 cm³/mol. The Hall–Kier alpha value is -1.21. The molecule has 4 nitrogen and oxygen atoms in total. The summed E-state index contributed by atoms with van der Waals surface area (Å²) in [6.07, 6.45) is 13.5. The Morgan fingerprint density at radius 1 is 1.10 bits per heavy atom. The number of rotatable bonds is 4. The smallest absolute Gasteiger partial charge is 0.0950 e. The van der Waals surface area contributed by atoms with E-state index >= 15 is 0 Å². The van der Waals surface area contributed by atoms with Crippen LogP contribution in [-0.2, 0) is 0 Å². The molecule has 0 spiro atoms. The molecule has 0 saturated heterocycles. The fourth-order valence-electron chi connectivity index (χ4n) is 7.08. The Labute approximate surface area is 191 Å². The molecule has 3 aliphatic rings. The van der Waals surface area contributed by atoms with Gasteiger partial charge in [-0.2, -0.15) is 5.26 Å². The largest absolute Gasteiger partial charge is 0.327 e. The molecule has 31 heavy (non-hydrogen) atoms. The first-order chi connectivity index (χ1) is 14.6. The summed E-state index contributed by atoms with van der Waals surface area (Å²) in [6, 6.07) is 2.85. The van der Waals surface area contributed by atoms with Crippen LogP contribution in [-0.4, -0.2) is 30.6 Å². The maximum Gasteiger partial charge on any atom is 0.0950 e. The van der Waals surface area contributed by atoms with Crippen molar-refractivity contribution in [3.63, 3.8) is 0 Å². The van der Waals surface area contributed by atoms with Crippen LogP contribution in [0.1, 0.15) is 98.8 Å². The zero-order valence-electron chi connectivity index (χ0n) is 21.0. The number of nitriles is 1. The third-order valence-electron chi connectivity index (χ3n) is 9.67. The van der Waals surface area contributed by atoms with Crippen molar-refractivity contribution >= 4 is 11.9 Å². The van der Waals surface area contributed by atoms with Gasteiger partial charge in [0.1, 0.15) is 0 Å². The highest BCUT2D eigenvalue weighted by Gasteiger charge is 2.55. The van der Waals surface area contributed by atoms with Gasteiger partial charge >= 0.3 is 0 Å². The molecular formula is C27H46N4. The van der Waals surface area contributed by atoms with Gasteiger partial charge in [0.05, 0.1) is 17.0 Å². The van der Waals surface area contributed by atoms with E-state index in [0.29, 0.717) is 17.8 Å². The lowest BCUT2D eigenvalue weighted by atomic mass is 9.50. The number of hydrogen-bond acceptors (Lipinski definition) is 4. The molecule has 3 saturated carbocycles. The van der Waals surface area contributed by atoms with Gasteiger partial charge in [0.2, 0.25) is 0 Å². The fraction of sp³-hybridized carbons (Fsp3) is 0.889. The van der Waals surface area contributed by atoms with Gasteiger partial charge < -0.3 is 5.73 Å². The Morgan fingerprint density at radius 2 is 1.77 bits per heavy atom. The summed E-state index contributed by atoms with van der Waals surface area (Å²) in [7, 11) is 1.81. The summed E-state index contributed by atoms with van der Waals surface area (Å²) < 4.78 is 0. The molecule has 0 aromatic rings. The first-order valence-electron chi connectivity index (χ1n) is 12.8. The second-order valence-electron chi connectivity index (χ2n) is 11.8. The summed E-state index contributed by atoms with van der Waals surface area (Å²) in [5, 5.41) is 10.3. The van der Waals surface area contributed by atoms with Crippen LogP contribution in [0.4, 0.5) is 0 Å². The Bertz CT molecular complexity index is 724. The van der Waals surface area contributed by atoms with Crippen molar-refractivity contribution in [2.75, 3.05) is 7.05 Å². The lowest BCUT2D eigenvalue weighted by Gasteiger charge is -2.54. The molecule has 0 bridgehead atoms. The quantitative estimate of drug-likeness (QED) is 0.544. The molecule has 0 aromatic carbocycles. The molecule has 6 atom stereocenters. The Kier molecular flexibility index (Phi) is 7.36. The lowest BCUT2D eigenvalue weighted by molar-refractivity contribution is -0.00936. The number of hydrogen-bond donors (Lipinski definition) is 1. The number of nitrogens with two attached hydrogens (primary N) is 1. The van der Waals surface area contributed by atoms with Crippen molar-refractivity contribution in [1.82, 2.24) is 0 Å². The highest BCUT2D eigenvalue weighted by molar-refractivity contribution is 5.85. The molecule has 3 fully saturated rings. The molecule has 2 N–H and O–H groups in total. The number of fused-ring (bicyclic) bond motifs is 1. The van der Waals surface area contributed by atoms with E-state index in [2.05, 4.69) is 45.7 Å². The van der Waals surface area contributed by atoms with Crippen LogP contribution in [0.25, 0.3) is 0 Å². The van der Waals surface area contributed by atoms with Crippen molar-refractivity contribution < 1.29 is 0 Å². The fourth-order valence-corrected chi connectivity index (χ4v) is 7.08. The van der Waals surface area contributed by atoms with E-state index in [0.717, 1.165) is 31.6 Å². The molecule has 4 heteroatoms. The second kappa shape index (κ2) is 9.34. The summed E-state index contributed by atoms with van der Waals surface area (Å²) in [4.78, 5) is 9.75. The van der Waals surface area contributed by atoms with Crippen molar-refractivity contribution in [1.29, 1.82) is 5.26 Å². The highest BCUT2D eigenvalue weighted by atomic mass is 14.9. The van der Waals surface area contributed by atoms with Crippen molar-refractivity contribution in [2.24, 2.45) is 50.2 Å². The van der Waals surface area contributed by atoms with E-state index in [1.807, 2.05) is 13.3 Å². The molecule has 0 radical (unpaired) electrons. The molecule has 0 aliphatic heterocycles. The van der Waals surface area contributed by atoms with Crippen LogP contribution in [0.5, 0.6) is 0 Å². The van der Waals surface area contributed by atoms with Crippen LogP contribution in [0.3, 0.4) is 0 Å². The second-order valence-corrected chi connectivity index (χ2v) is 11.8. The number of aliphatic imine (C=N–C) groups is 2. The van der Waals surface area contributed by atoms with E-state index in [9.17, 15) is 5.26 Å². The molecule has 3 rings (SSSR count). The molecule has 0 heterocycles. The van der Waals surface area contributed by atoms with Gasteiger partial charge in [-0.15, -0.1) is 0 Å². The lowest BCUT2D eigenvalue weighted by Crippen LogP contribution is -2.54. The maximum atomic E-state index is 10.3. The summed E-state index contributed by atoms with van der Waals surface area (Å²) in [5.74, 6) is 2.14. The van der Waals surface area contributed by atoms with Crippen LogP contribution < -0.4 is 5.73 Å². The Balaban J connectivity index is 1.91. The predicted octanol–water partition coefficient (Wildman–Crippen LogP) is 6.20. The minimum atomic E-state index is -0.431. The van der Waals surface area contributed by atoms with Crippen LogP contribution in [0, 0.1) is 45.8 Å². The SMILES string of the molecule is CN=CC1(C#N)CCC(C)(C(C)N)C2CC(C(C)=NC3(C)CCC(C)CC3)CCCC21. The minimum absolute atomic E-state index is 0.0691. The normalized spacial score (nSPS) is 45.5. The van der Waals surface area contributed by atoms with Crippen molar-refractivity contribution in [3.8, 4) is 6.07 Å². The first-order valence-corrected chi connectivity index (χ1v) is 12.8. The van der Waals surface area contributed by atoms with Crippen LogP contribution in [0.2, 0.25) is 0 Å². The number of nitrogens with zero attached hydrogens (tertiary/aromatic N) is 3. The third-order valence-corrected chi connectivity index (χ3v) is 9.67. The molecule has 6 unspecified atom stereocenters. The molecular weight excluding hydrogens is 380 g/mol. The van der Waals surface area contributed by atoms with E-state index in [-0.39, 0.29) is 17.0 Å². The summed E-state index contributed by atoms with van der Waals surface area (Å²) in [6.45, 7) is 11.6. The van der Waals surface area contributed by atoms with Crippen LogP contribution in [0.15, 0.2) is 9.98 Å². The average molecular weight is 427 g/mol. The summed E-state index contributed by atoms with van der Waals surface area (Å²) >= 11 is 0. The van der Waals surface area contributed by atoms with Crippen molar-refractivity contribution in [2.45, 2.75) is 110 Å². The molecule has 174 valence electrons. The zero-order valence-corrected chi connectivity index (χ0v) is 21.0. The standard InChI is InChI=1S/C27H46N4/c1-19-10-12-25(4,13-11-19)31-20(2)22-8-7-9-23-24(16-22)26(5,21(3)29)14-15-27(23,17-28)18-30-6/h18-19,21-24H,7-16,29H2,1-6H3. The average Bonchev–Trinajstić information content (AvgIpc) is 2.97. The van der Waals surface area contributed by atoms with Gasteiger partial charge in [-0.1, -0.05) is 20.3 Å². The molecule has 3 aliphatic carbocycles. The zero-order chi connectivity index (χ0) is 22.9. The van der Waals surface area contributed by atoms with Gasteiger partial charge in [-0.3, -0.25) is 9.98 Å². The first kappa shape index (κ1) is 24.4. The van der Waals surface area contributed by atoms with Gasteiger partial charge in [0, 0.05) is 25.0 Å². The monoisotopic (exact) mass is 426 g/mol. The Morgan fingerprint density at radius 3 is 2.35 bits per heavy atom. The molecule has 0 aromatic heterocycles. The molecule has 0 amide bonds. The van der Waals surface area contributed by atoms with Gasteiger partial charge in [0.25, 0.3) is 0 Å². The highest BCUT2D eigenvalue weighted by Crippen LogP contribution is 2.58. The van der Waals surface area contributed by atoms with E-state index in [1.165, 1.54) is 44.2 Å². The van der Waals surface area contributed by atoms with Gasteiger partial charge in [-0.25, -0.2) is 0 Å². The minimum Gasteiger partial charge on any atom is -0.327 e. The van der Waals surface area contributed by atoms with Gasteiger partial charge in [-0.05, 0) is 108 Å². The summed E-state index contributed by atoms with van der Waals surface area (Å²) in [5.41, 5.74) is 7.72. The topological polar surface area (TPSA) is 74.5 Å². The van der Waals surface area contributed by atoms with E-state index in [4.69, 9.17) is 10.7 Å². The third kappa shape index (κ3) is 4.77. The maximum absolute atomic E-state index is 10.3.